The van der Waals surface area contributed by atoms with Crippen molar-refractivity contribution in [2.45, 2.75) is 31.7 Å². The van der Waals surface area contributed by atoms with E-state index >= 15 is 0 Å². The molecule has 7 heteroatoms. The molecule has 0 saturated carbocycles. The molecule has 2 rings (SSSR count). The number of benzene rings is 1. The van der Waals surface area contributed by atoms with Gasteiger partial charge in [-0.2, -0.15) is 5.10 Å². The van der Waals surface area contributed by atoms with E-state index < -0.39 is 10.0 Å². The van der Waals surface area contributed by atoms with Crippen molar-refractivity contribution in [1.29, 1.82) is 0 Å². The average molecular weight is 342 g/mol. The highest BCUT2D eigenvalue weighted by Crippen LogP contribution is 2.13. The Morgan fingerprint density at radius 3 is 2.50 bits per heavy atom. The number of hydrogen-bond donors (Lipinski definition) is 1. The molecule has 0 spiro atoms. The van der Waals surface area contributed by atoms with Crippen molar-refractivity contribution in [3.8, 4) is 0 Å². The summed E-state index contributed by atoms with van der Waals surface area (Å²) in [5, 5.41) is 4.53. The Balaban J connectivity index is 1.94. The van der Waals surface area contributed by atoms with Gasteiger partial charge in [0.25, 0.3) is 0 Å². The predicted octanol–water partition coefficient (Wildman–Crippen LogP) is 2.71. The van der Waals surface area contributed by atoms with E-state index in [1.54, 1.807) is 23.0 Å². The lowest BCUT2D eigenvalue weighted by atomic mass is 10.0. The van der Waals surface area contributed by atoms with Crippen LogP contribution >= 0.6 is 11.6 Å². The first-order chi connectivity index (χ1) is 10.4. The number of aromatic nitrogens is 2. The van der Waals surface area contributed by atoms with Gasteiger partial charge in [0.2, 0.25) is 10.0 Å². The monoisotopic (exact) mass is 341 g/mol. The van der Waals surface area contributed by atoms with E-state index in [9.17, 15) is 8.42 Å². The molecule has 0 bridgehead atoms. The highest BCUT2D eigenvalue weighted by atomic mass is 35.5. The molecule has 2 aromatic rings. The van der Waals surface area contributed by atoms with Gasteiger partial charge in [0.05, 0.1) is 22.7 Å². The Morgan fingerprint density at radius 1 is 1.27 bits per heavy atom. The number of nitrogens with zero attached hydrogens (tertiary/aromatic N) is 2. The maximum absolute atomic E-state index is 12.2. The third-order valence-electron chi connectivity index (χ3n) is 3.11. The van der Waals surface area contributed by atoms with Crippen LogP contribution < -0.4 is 4.72 Å². The Bertz CT molecular complexity index is 709. The molecule has 0 aliphatic heterocycles. The zero-order valence-corrected chi connectivity index (χ0v) is 14.2. The molecule has 0 aliphatic rings. The molecule has 5 nitrogen and oxygen atoms in total. The van der Waals surface area contributed by atoms with Crippen LogP contribution in [0.3, 0.4) is 0 Å². The molecule has 1 aromatic heterocycles. The van der Waals surface area contributed by atoms with Gasteiger partial charge in [0.1, 0.15) is 0 Å². The summed E-state index contributed by atoms with van der Waals surface area (Å²) in [6, 6.07) is 7.01. The second-order valence-corrected chi connectivity index (χ2v) is 7.76. The van der Waals surface area contributed by atoms with Gasteiger partial charge in [-0.1, -0.05) is 37.6 Å². The number of nitrogens with one attached hydrogen (secondary N) is 1. The van der Waals surface area contributed by atoms with Crippen molar-refractivity contribution < 1.29 is 8.42 Å². The maximum atomic E-state index is 12.2. The van der Waals surface area contributed by atoms with Gasteiger partial charge in [-0.15, -0.1) is 0 Å². The van der Waals surface area contributed by atoms with E-state index in [1.807, 2.05) is 12.1 Å². The van der Waals surface area contributed by atoms with Crippen LogP contribution in [0.1, 0.15) is 19.4 Å². The molecule has 0 aliphatic carbocycles. The van der Waals surface area contributed by atoms with Crippen molar-refractivity contribution in [1.82, 2.24) is 14.5 Å². The summed E-state index contributed by atoms with van der Waals surface area (Å²) >= 11 is 5.75. The molecule has 0 fully saturated rings. The van der Waals surface area contributed by atoms with Crippen molar-refractivity contribution >= 4 is 21.6 Å². The van der Waals surface area contributed by atoms with Crippen LogP contribution in [0.15, 0.2) is 41.6 Å². The Hall–Kier alpha value is -1.37. The summed E-state index contributed by atoms with van der Waals surface area (Å²) in [6.07, 6.45) is 4.11. The lowest BCUT2D eigenvalue weighted by Gasteiger charge is -2.09. The molecule has 0 radical (unpaired) electrons. The summed E-state index contributed by atoms with van der Waals surface area (Å²) in [6.45, 7) is 4.95. The standard InChI is InChI=1S/C15H20ClN3O2S/c1-12(2)9-13-3-5-15(6-4-13)22(20,21)18-7-8-19-11-14(16)10-17-19/h3-6,10-12,18H,7-9H2,1-2H3. The summed E-state index contributed by atoms with van der Waals surface area (Å²) < 4.78 is 28.5. The van der Waals surface area contributed by atoms with Crippen LogP contribution in [0.4, 0.5) is 0 Å². The van der Waals surface area contributed by atoms with Gasteiger partial charge >= 0.3 is 0 Å². The van der Waals surface area contributed by atoms with Gasteiger partial charge in [0.15, 0.2) is 0 Å². The summed E-state index contributed by atoms with van der Waals surface area (Å²) in [4.78, 5) is 0.276. The van der Waals surface area contributed by atoms with Crippen LogP contribution in [0, 0.1) is 5.92 Å². The van der Waals surface area contributed by atoms with Crippen LogP contribution in [-0.4, -0.2) is 24.7 Å². The van der Waals surface area contributed by atoms with Crippen molar-refractivity contribution in [3.63, 3.8) is 0 Å². The number of rotatable bonds is 7. The number of halogens is 1. The Labute approximate surface area is 136 Å². The molecular formula is C15H20ClN3O2S. The molecule has 0 unspecified atom stereocenters. The molecule has 1 heterocycles. The number of hydrogen-bond acceptors (Lipinski definition) is 3. The third-order valence-corrected chi connectivity index (χ3v) is 4.78. The van der Waals surface area contributed by atoms with Gasteiger partial charge in [-0.25, -0.2) is 13.1 Å². The molecule has 1 aromatic carbocycles. The third kappa shape index (κ3) is 4.83. The van der Waals surface area contributed by atoms with Crippen molar-refractivity contribution in [2.75, 3.05) is 6.54 Å². The Kier molecular flexibility index (Phi) is 5.61. The summed E-state index contributed by atoms with van der Waals surface area (Å²) in [5.74, 6) is 0.543. The van der Waals surface area contributed by atoms with Gasteiger partial charge in [0, 0.05) is 12.7 Å². The molecule has 1 N–H and O–H groups in total. The van der Waals surface area contributed by atoms with Crippen LogP contribution in [0.25, 0.3) is 0 Å². The minimum Gasteiger partial charge on any atom is -0.270 e. The smallest absolute Gasteiger partial charge is 0.240 e. The van der Waals surface area contributed by atoms with E-state index in [2.05, 4.69) is 23.7 Å². The van der Waals surface area contributed by atoms with Crippen molar-refractivity contribution in [2.24, 2.45) is 5.92 Å². The van der Waals surface area contributed by atoms with E-state index in [4.69, 9.17) is 11.6 Å². The highest BCUT2D eigenvalue weighted by molar-refractivity contribution is 7.89. The summed E-state index contributed by atoms with van der Waals surface area (Å²) in [5.41, 5.74) is 1.14. The lowest BCUT2D eigenvalue weighted by Crippen LogP contribution is -2.27. The molecular weight excluding hydrogens is 322 g/mol. The van der Waals surface area contributed by atoms with E-state index in [1.165, 1.54) is 6.20 Å². The minimum absolute atomic E-state index is 0.258. The Morgan fingerprint density at radius 2 is 1.95 bits per heavy atom. The molecule has 0 amide bonds. The fraction of sp³-hybridized carbons (Fsp3) is 0.400. The average Bonchev–Trinajstić information content (AvgIpc) is 2.84. The predicted molar refractivity (Wildman–Crippen MR) is 87.4 cm³/mol. The quantitative estimate of drug-likeness (QED) is 0.842. The first kappa shape index (κ1) is 17.0. The zero-order chi connectivity index (χ0) is 16.2. The van der Waals surface area contributed by atoms with Crippen LogP contribution in [-0.2, 0) is 23.0 Å². The minimum atomic E-state index is -3.49. The van der Waals surface area contributed by atoms with E-state index in [0.717, 1.165) is 12.0 Å². The molecule has 22 heavy (non-hydrogen) atoms. The fourth-order valence-electron chi connectivity index (χ4n) is 2.11. The van der Waals surface area contributed by atoms with Crippen molar-refractivity contribution in [3.05, 3.63) is 47.2 Å². The first-order valence-corrected chi connectivity index (χ1v) is 8.99. The van der Waals surface area contributed by atoms with Gasteiger partial charge in [-0.05, 0) is 30.0 Å². The number of sulfonamides is 1. The van der Waals surface area contributed by atoms with Gasteiger partial charge in [-0.3, -0.25) is 4.68 Å². The first-order valence-electron chi connectivity index (χ1n) is 7.13. The molecule has 120 valence electrons. The highest BCUT2D eigenvalue weighted by Gasteiger charge is 2.13. The SMILES string of the molecule is CC(C)Cc1ccc(S(=O)(=O)NCCn2cc(Cl)cn2)cc1. The fourth-order valence-corrected chi connectivity index (χ4v) is 3.29. The largest absolute Gasteiger partial charge is 0.270 e. The lowest BCUT2D eigenvalue weighted by molar-refractivity contribution is 0.561. The van der Waals surface area contributed by atoms with Crippen LogP contribution in [0.2, 0.25) is 5.02 Å². The summed E-state index contributed by atoms with van der Waals surface area (Å²) in [7, 11) is -3.49. The second kappa shape index (κ2) is 7.26. The normalized spacial score (nSPS) is 12.0. The van der Waals surface area contributed by atoms with Gasteiger partial charge < -0.3 is 0 Å². The molecule has 0 atom stereocenters. The van der Waals surface area contributed by atoms with E-state index in [0.29, 0.717) is 17.5 Å². The topological polar surface area (TPSA) is 64.0 Å². The maximum Gasteiger partial charge on any atom is 0.240 e. The van der Waals surface area contributed by atoms with E-state index in [-0.39, 0.29) is 11.4 Å². The second-order valence-electron chi connectivity index (χ2n) is 5.56. The molecule has 0 saturated heterocycles. The zero-order valence-electron chi connectivity index (χ0n) is 12.7. The van der Waals surface area contributed by atoms with Crippen LogP contribution in [0.5, 0.6) is 0 Å².